The van der Waals surface area contributed by atoms with Crippen molar-refractivity contribution < 1.29 is 4.79 Å². The highest BCUT2D eigenvalue weighted by atomic mass is 16.1. The van der Waals surface area contributed by atoms with Crippen molar-refractivity contribution in [2.75, 3.05) is 13.1 Å². The van der Waals surface area contributed by atoms with Gasteiger partial charge in [0.2, 0.25) is 0 Å². The average molecular weight is 294 g/mol. The van der Waals surface area contributed by atoms with E-state index in [0.717, 1.165) is 5.57 Å². The van der Waals surface area contributed by atoms with Gasteiger partial charge >= 0.3 is 0 Å². The van der Waals surface area contributed by atoms with Gasteiger partial charge in [0.15, 0.2) is 5.78 Å². The van der Waals surface area contributed by atoms with Gasteiger partial charge in [-0.1, -0.05) is 54.6 Å². The number of allylic oxidation sites excluding steroid dienone is 2. The molecule has 114 valence electrons. The van der Waals surface area contributed by atoms with Gasteiger partial charge in [0, 0.05) is 30.6 Å². The van der Waals surface area contributed by atoms with Gasteiger partial charge in [0.05, 0.1) is 5.66 Å². The summed E-state index contributed by atoms with van der Waals surface area (Å²) in [5.41, 5.74) is 1.08. The summed E-state index contributed by atoms with van der Waals surface area (Å²) in [6.07, 6.45) is 10.2. The normalized spacial score (nSPS) is 15.9. The number of hydrogen-bond acceptors (Lipinski definition) is 3. The second-order valence-electron chi connectivity index (χ2n) is 5.20. The molecule has 0 aromatic heterocycles. The first-order valence-electron chi connectivity index (χ1n) is 7.42. The van der Waals surface area contributed by atoms with Crippen LogP contribution in [0.15, 0.2) is 79.4 Å². The van der Waals surface area contributed by atoms with E-state index in [9.17, 15) is 4.79 Å². The molecule has 0 radical (unpaired) electrons. The summed E-state index contributed by atoms with van der Waals surface area (Å²) in [6, 6.07) is 9.34. The Morgan fingerprint density at radius 1 is 1.14 bits per heavy atom. The molecule has 0 amide bonds. The van der Waals surface area contributed by atoms with E-state index in [1.807, 2.05) is 60.7 Å². The van der Waals surface area contributed by atoms with E-state index in [4.69, 9.17) is 0 Å². The molecule has 0 spiro atoms. The van der Waals surface area contributed by atoms with E-state index < -0.39 is 0 Å². The van der Waals surface area contributed by atoms with Crippen molar-refractivity contribution in [3.05, 3.63) is 85.0 Å². The highest BCUT2D eigenvalue weighted by molar-refractivity contribution is 6.10. The number of carbonyl (C=O) groups is 1. The van der Waals surface area contributed by atoms with E-state index in [-0.39, 0.29) is 11.4 Å². The molecule has 1 aromatic carbocycles. The molecule has 1 aliphatic carbocycles. The fourth-order valence-electron chi connectivity index (χ4n) is 2.40. The summed E-state index contributed by atoms with van der Waals surface area (Å²) >= 11 is 0. The SMILES string of the molecule is C=CCNC1(NCC=C)C=CC(C(=O)c2ccccc2)=CC1. The minimum absolute atomic E-state index is 0.0536. The number of carbonyl (C=O) groups excluding carboxylic acids is 1. The Bertz CT molecular complexity index is 587. The molecule has 0 saturated heterocycles. The van der Waals surface area contributed by atoms with Crippen LogP contribution < -0.4 is 10.6 Å². The monoisotopic (exact) mass is 294 g/mol. The van der Waals surface area contributed by atoms with Crippen molar-refractivity contribution in [3.8, 4) is 0 Å². The first-order valence-corrected chi connectivity index (χ1v) is 7.42. The second-order valence-corrected chi connectivity index (χ2v) is 5.20. The Kier molecular flexibility index (Phi) is 5.64. The summed E-state index contributed by atoms with van der Waals surface area (Å²) in [5, 5.41) is 6.80. The third-order valence-corrected chi connectivity index (χ3v) is 3.61. The molecule has 0 unspecified atom stereocenters. The maximum atomic E-state index is 12.4. The minimum atomic E-state index is -0.358. The van der Waals surface area contributed by atoms with Gasteiger partial charge in [0.1, 0.15) is 0 Å². The zero-order valence-corrected chi connectivity index (χ0v) is 12.7. The number of ketones is 1. The summed E-state index contributed by atoms with van der Waals surface area (Å²) in [5.74, 6) is 0.0536. The van der Waals surface area contributed by atoms with Crippen LogP contribution in [0.5, 0.6) is 0 Å². The Hall–Kier alpha value is -2.23. The molecule has 0 bridgehead atoms. The Labute approximate surface area is 132 Å². The highest BCUT2D eigenvalue weighted by Crippen LogP contribution is 2.21. The van der Waals surface area contributed by atoms with Gasteiger partial charge in [-0.05, 0) is 6.08 Å². The van der Waals surface area contributed by atoms with Crippen molar-refractivity contribution in [2.45, 2.75) is 12.1 Å². The van der Waals surface area contributed by atoms with Gasteiger partial charge in [-0.15, -0.1) is 13.2 Å². The van der Waals surface area contributed by atoms with E-state index in [1.165, 1.54) is 0 Å². The maximum Gasteiger partial charge on any atom is 0.192 e. The first-order chi connectivity index (χ1) is 10.7. The van der Waals surface area contributed by atoms with Crippen LogP contribution in [0.2, 0.25) is 0 Å². The predicted molar refractivity (Wildman–Crippen MR) is 91.7 cm³/mol. The molecular weight excluding hydrogens is 272 g/mol. The molecule has 3 heteroatoms. The summed E-state index contributed by atoms with van der Waals surface area (Å²) in [7, 11) is 0. The first kappa shape index (κ1) is 16.1. The highest BCUT2D eigenvalue weighted by Gasteiger charge is 2.27. The van der Waals surface area contributed by atoms with Crippen LogP contribution in [0.25, 0.3) is 0 Å². The van der Waals surface area contributed by atoms with Gasteiger partial charge in [0.25, 0.3) is 0 Å². The standard InChI is InChI=1S/C19H22N2O/c1-3-14-20-19(21-15-4-2)12-10-17(11-13-19)18(22)16-8-6-5-7-9-16/h3-12,20-21H,1-2,13-15H2. The van der Waals surface area contributed by atoms with Crippen LogP contribution in [0.1, 0.15) is 16.8 Å². The molecule has 0 fully saturated rings. The number of benzene rings is 1. The van der Waals surface area contributed by atoms with E-state index in [1.54, 1.807) is 0 Å². The summed E-state index contributed by atoms with van der Waals surface area (Å²) in [6.45, 7) is 8.84. The molecule has 1 aliphatic rings. The zero-order valence-electron chi connectivity index (χ0n) is 12.7. The van der Waals surface area contributed by atoms with Crippen LogP contribution in [-0.2, 0) is 0 Å². The third kappa shape index (κ3) is 3.91. The Morgan fingerprint density at radius 3 is 2.27 bits per heavy atom. The lowest BCUT2D eigenvalue weighted by atomic mass is 9.92. The molecule has 0 heterocycles. The molecule has 0 aliphatic heterocycles. The topological polar surface area (TPSA) is 41.1 Å². The molecule has 22 heavy (non-hydrogen) atoms. The zero-order chi connectivity index (χ0) is 15.8. The molecule has 0 atom stereocenters. The predicted octanol–water partition coefficient (Wildman–Crippen LogP) is 3.00. The minimum Gasteiger partial charge on any atom is -0.292 e. The summed E-state index contributed by atoms with van der Waals surface area (Å²) in [4.78, 5) is 12.4. The lowest BCUT2D eigenvalue weighted by molar-refractivity contribution is 0.103. The molecule has 2 N–H and O–H groups in total. The summed E-state index contributed by atoms with van der Waals surface area (Å²) < 4.78 is 0. The van der Waals surface area contributed by atoms with Crippen LogP contribution >= 0.6 is 0 Å². The number of Topliss-reactive ketones (excluding diaryl/α,β-unsaturated/α-hetero) is 1. The van der Waals surface area contributed by atoms with Crippen molar-refractivity contribution in [3.63, 3.8) is 0 Å². The number of rotatable bonds is 8. The van der Waals surface area contributed by atoms with E-state index >= 15 is 0 Å². The van der Waals surface area contributed by atoms with Crippen LogP contribution in [0.4, 0.5) is 0 Å². The molecule has 1 aromatic rings. The Morgan fingerprint density at radius 2 is 1.77 bits per heavy atom. The van der Waals surface area contributed by atoms with Gasteiger partial charge in [-0.2, -0.15) is 0 Å². The van der Waals surface area contributed by atoms with Crippen LogP contribution in [0, 0.1) is 0 Å². The largest absolute Gasteiger partial charge is 0.292 e. The van der Waals surface area contributed by atoms with Crippen molar-refractivity contribution in [1.82, 2.24) is 10.6 Å². The Balaban J connectivity index is 2.12. The quantitative estimate of drug-likeness (QED) is 0.440. The number of nitrogens with one attached hydrogen (secondary N) is 2. The molecular formula is C19H22N2O. The number of hydrogen-bond donors (Lipinski definition) is 2. The van der Waals surface area contributed by atoms with Crippen LogP contribution in [0.3, 0.4) is 0 Å². The van der Waals surface area contributed by atoms with E-state index in [0.29, 0.717) is 25.1 Å². The molecule has 3 nitrogen and oxygen atoms in total. The molecule has 2 rings (SSSR count). The fourth-order valence-corrected chi connectivity index (χ4v) is 2.40. The second kappa shape index (κ2) is 7.69. The van der Waals surface area contributed by atoms with Gasteiger partial charge < -0.3 is 0 Å². The van der Waals surface area contributed by atoms with E-state index in [2.05, 4.69) is 23.8 Å². The van der Waals surface area contributed by atoms with Gasteiger partial charge in [-0.25, -0.2) is 0 Å². The average Bonchev–Trinajstić information content (AvgIpc) is 2.59. The lowest BCUT2D eigenvalue weighted by Crippen LogP contribution is -2.56. The van der Waals surface area contributed by atoms with Gasteiger partial charge in [-0.3, -0.25) is 15.4 Å². The molecule has 0 saturated carbocycles. The van der Waals surface area contributed by atoms with Crippen LogP contribution in [-0.4, -0.2) is 24.5 Å². The van der Waals surface area contributed by atoms with Crippen molar-refractivity contribution >= 4 is 5.78 Å². The fraction of sp³-hybridized carbons (Fsp3) is 0.211. The van der Waals surface area contributed by atoms with Crippen molar-refractivity contribution in [2.24, 2.45) is 0 Å². The lowest BCUT2D eigenvalue weighted by Gasteiger charge is -2.34. The maximum absolute atomic E-state index is 12.4. The van der Waals surface area contributed by atoms with Crippen molar-refractivity contribution in [1.29, 1.82) is 0 Å². The smallest absolute Gasteiger partial charge is 0.192 e. The third-order valence-electron chi connectivity index (χ3n) is 3.61.